The van der Waals surface area contributed by atoms with Crippen LogP contribution in [0.1, 0.15) is 43.6 Å². The van der Waals surface area contributed by atoms with Crippen molar-refractivity contribution in [2.45, 2.75) is 50.7 Å². The van der Waals surface area contributed by atoms with Crippen molar-refractivity contribution in [1.82, 2.24) is 14.5 Å². The second kappa shape index (κ2) is 9.56. The minimum Gasteiger partial charge on any atom is -0.350 e. The van der Waals surface area contributed by atoms with E-state index in [0.29, 0.717) is 14.9 Å². The highest BCUT2D eigenvalue weighted by Crippen LogP contribution is 2.30. The normalized spacial score (nSPS) is 15.6. The molecule has 0 radical (unpaired) electrons. The summed E-state index contributed by atoms with van der Waals surface area (Å²) in [5.74, 6) is -1.96. The van der Waals surface area contributed by atoms with E-state index in [9.17, 15) is 22.8 Å². The maximum Gasteiger partial charge on any atom is 0.269 e. The molecular formula is C23H25Cl2N3O5S. The summed E-state index contributed by atoms with van der Waals surface area (Å²) in [6.45, 7) is 6.07. The van der Waals surface area contributed by atoms with Crippen LogP contribution in [-0.2, 0) is 26.2 Å². The van der Waals surface area contributed by atoms with E-state index in [1.165, 1.54) is 36.1 Å². The van der Waals surface area contributed by atoms with Gasteiger partial charge >= 0.3 is 0 Å². The van der Waals surface area contributed by atoms with Crippen LogP contribution in [0.4, 0.5) is 0 Å². The molecule has 11 heteroatoms. The first kappa shape index (κ1) is 26.0. The lowest BCUT2D eigenvalue weighted by atomic mass is 10.1. The molecule has 3 rings (SSSR count). The number of nitrogens with zero attached hydrogens (tertiary/aromatic N) is 2. The molecule has 2 aromatic rings. The van der Waals surface area contributed by atoms with Crippen LogP contribution in [0.3, 0.4) is 0 Å². The Balaban J connectivity index is 1.93. The molecule has 0 aromatic heterocycles. The fourth-order valence-electron chi connectivity index (χ4n) is 3.49. The largest absolute Gasteiger partial charge is 0.350 e. The number of carbonyl (C=O) groups excluding carboxylic acids is 3. The number of hydrogen-bond acceptors (Lipinski definition) is 5. The zero-order valence-electron chi connectivity index (χ0n) is 19.1. The zero-order valence-corrected chi connectivity index (χ0v) is 21.5. The van der Waals surface area contributed by atoms with Gasteiger partial charge in [0.1, 0.15) is 17.5 Å². The van der Waals surface area contributed by atoms with E-state index in [1.54, 1.807) is 39.0 Å². The Labute approximate surface area is 208 Å². The van der Waals surface area contributed by atoms with Crippen LogP contribution < -0.4 is 5.32 Å². The highest BCUT2D eigenvalue weighted by atomic mass is 35.5. The number of amides is 3. The number of rotatable bonds is 6. The molecule has 8 nitrogen and oxygen atoms in total. The number of halogens is 2. The fraction of sp³-hybridized carbons (Fsp3) is 0.348. The summed E-state index contributed by atoms with van der Waals surface area (Å²) >= 11 is 12.3. The van der Waals surface area contributed by atoms with Gasteiger partial charge in [-0.2, -0.15) is 0 Å². The minimum absolute atomic E-state index is 0.00104. The third kappa shape index (κ3) is 5.37. The second-order valence-electron chi connectivity index (χ2n) is 8.99. The standard InChI is InChI=1S/C23H25Cl2N3O5S/c1-14(21(30)26-23(2,3)4)27(12-15-9-10-16(24)11-18(15)25)20(29)13-28-22(31)17-7-5-6-8-19(17)34(28,32)33/h5-11,14H,12-13H2,1-4H3,(H,26,30). The van der Waals surface area contributed by atoms with Crippen molar-refractivity contribution in [2.75, 3.05) is 6.54 Å². The summed E-state index contributed by atoms with van der Waals surface area (Å²) in [6.07, 6.45) is 0. The molecule has 182 valence electrons. The maximum atomic E-state index is 13.4. The van der Waals surface area contributed by atoms with E-state index < -0.39 is 45.9 Å². The van der Waals surface area contributed by atoms with Gasteiger partial charge in [0.05, 0.1) is 5.56 Å². The van der Waals surface area contributed by atoms with E-state index in [1.807, 2.05) is 0 Å². The van der Waals surface area contributed by atoms with Gasteiger partial charge in [0.15, 0.2) is 0 Å². The molecule has 1 heterocycles. The van der Waals surface area contributed by atoms with E-state index in [-0.39, 0.29) is 22.0 Å². The van der Waals surface area contributed by atoms with Gasteiger partial charge in [-0.05, 0) is 57.5 Å². The van der Waals surface area contributed by atoms with Gasteiger partial charge in [-0.25, -0.2) is 12.7 Å². The summed E-state index contributed by atoms with van der Waals surface area (Å²) in [5, 5.41) is 3.49. The van der Waals surface area contributed by atoms with Gasteiger partial charge in [0.25, 0.3) is 15.9 Å². The molecule has 2 aromatic carbocycles. The van der Waals surface area contributed by atoms with E-state index in [2.05, 4.69) is 5.32 Å². The molecule has 34 heavy (non-hydrogen) atoms. The highest BCUT2D eigenvalue weighted by Gasteiger charge is 2.43. The van der Waals surface area contributed by atoms with Crippen LogP contribution in [0.25, 0.3) is 0 Å². The number of benzene rings is 2. The van der Waals surface area contributed by atoms with E-state index in [0.717, 1.165) is 0 Å². The molecule has 1 unspecified atom stereocenters. The summed E-state index contributed by atoms with van der Waals surface area (Å²) in [4.78, 5) is 40.1. The lowest BCUT2D eigenvalue weighted by molar-refractivity contribution is -0.141. The third-order valence-corrected chi connectivity index (χ3v) is 7.59. The van der Waals surface area contributed by atoms with Crippen molar-refractivity contribution in [3.8, 4) is 0 Å². The first-order chi connectivity index (χ1) is 15.7. The van der Waals surface area contributed by atoms with Crippen molar-refractivity contribution in [1.29, 1.82) is 0 Å². The number of carbonyl (C=O) groups is 3. The van der Waals surface area contributed by atoms with Crippen LogP contribution in [0.5, 0.6) is 0 Å². The van der Waals surface area contributed by atoms with Crippen LogP contribution in [0.15, 0.2) is 47.4 Å². The SMILES string of the molecule is CC(C(=O)NC(C)(C)C)N(Cc1ccc(Cl)cc1Cl)C(=O)CN1C(=O)c2ccccc2S1(=O)=O. The Kier molecular flexibility index (Phi) is 7.31. The molecular weight excluding hydrogens is 501 g/mol. The van der Waals surface area contributed by atoms with Crippen molar-refractivity contribution in [3.05, 3.63) is 63.6 Å². The van der Waals surface area contributed by atoms with Crippen molar-refractivity contribution in [2.24, 2.45) is 0 Å². The van der Waals surface area contributed by atoms with Crippen molar-refractivity contribution < 1.29 is 22.8 Å². The van der Waals surface area contributed by atoms with E-state index >= 15 is 0 Å². The van der Waals surface area contributed by atoms with Crippen molar-refractivity contribution in [3.63, 3.8) is 0 Å². The van der Waals surface area contributed by atoms with Crippen molar-refractivity contribution >= 4 is 50.9 Å². The topological polar surface area (TPSA) is 104 Å². The monoisotopic (exact) mass is 525 g/mol. The highest BCUT2D eigenvalue weighted by molar-refractivity contribution is 7.90. The Morgan fingerprint density at radius 3 is 2.35 bits per heavy atom. The average molecular weight is 526 g/mol. The third-order valence-electron chi connectivity index (χ3n) is 5.21. The summed E-state index contributed by atoms with van der Waals surface area (Å²) in [6, 6.07) is 9.49. The number of nitrogens with one attached hydrogen (secondary N) is 1. The zero-order chi connectivity index (χ0) is 25.4. The Bertz CT molecular complexity index is 1260. The molecule has 0 fully saturated rings. The fourth-order valence-corrected chi connectivity index (χ4v) is 5.48. The molecule has 0 saturated carbocycles. The van der Waals surface area contributed by atoms with Crippen LogP contribution in [-0.4, -0.2) is 53.5 Å². The number of fused-ring (bicyclic) bond motifs is 1. The predicted octanol–water partition coefficient (Wildman–Crippen LogP) is 3.47. The molecule has 0 saturated heterocycles. The van der Waals surface area contributed by atoms with Gasteiger partial charge in [0.2, 0.25) is 11.8 Å². The Morgan fingerprint density at radius 2 is 1.76 bits per heavy atom. The van der Waals surface area contributed by atoms with Crippen LogP contribution in [0.2, 0.25) is 10.0 Å². The quantitative estimate of drug-likeness (QED) is 0.621. The summed E-state index contributed by atoms with van der Waals surface area (Å²) in [7, 11) is -4.19. The lowest BCUT2D eigenvalue weighted by Gasteiger charge is -2.32. The molecule has 3 amide bonds. The van der Waals surface area contributed by atoms with Gasteiger partial charge in [-0.3, -0.25) is 14.4 Å². The molecule has 1 aliphatic heterocycles. The first-order valence-electron chi connectivity index (χ1n) is 10.4. The Hall–Kier alpha value is -2.62. The van der Waals surface area contributed by atoms with Crippen LogP contribution >= 0.6 is 23.2 Å². The number of hydrogen-bond donors (Lipinski definition) is 1. The van der Waals surface area contributed by atoms with Gasteiger partial charge in [-0.1, -0.05) is 41.4 Å². The summed E-state index contributed by atoms with van der Waals surface area (Å²) < 4.78 is 26.4. The predicted molar refractivity (Wildman–Crippen MR) is 129 cm³/mol. The molecule has 0 spiro atoms. The van der Waals surface area contributed by atoms with Crippen LogP contribution in [0, 0.1) is 0 Å². The molecule has 0 aliphatic carbocycles. The van der Waals surface area contributed by atoms with E-state index in [4.69, 9.17) is 23.2 Å². The molecule has 1 aliphatic rings. The molecule has 1 N–H and O–H groups in total. The summed E-state index contributed by atoms with van der Waals surface area (Å²) in [5.41, 5.74) is -0.0525. The average Bonchev–Trinajstić information content (AvgIpc) is 2.92. The van der Waals surface area contributed by atoms with Gasteiger partial charge in [0, 0.05) is 22.1 Å². The lowest BCUT2D eigenvalue weighted by Crippen LogP contribution is -2.54. The first-order valence-corrected chi connectivity index (χ1v) is 12.6. The van der Waals surface area contributed by atoms with Gasteiger partial charge < -0.3 is 10.2 Å². The molecule has 0 bridgehead atoms. The minimum atomic E-state index is -4.19. The Morgan fingerprint density at radius 1 is 1.12 bits per heavy atom. The molecule has 1 atom stereocenters. The maximum absolute atomic E-state index is 13.4. The van der Waals surface area contributed by atoms with Gasteiger partial charge in [-0.15, -0.1) is 0 Å². The smallest absolute Gasteiger partial charge is 0.269 e. The second-order valence-corrected chi connectivity index (χ2v) is 11.7. The number of sulfonamides is 1.